The third-order valence-corrected chi connectivity index (χ3v) is 4.43. The molecule has 1 aliphatic heterocycles. The number of hydrogen-bond donors (Lipinski definition) is 0. The fourth-order valence-corrected chi connectivity index (χ4v) is 3.48. The molecular weight excluding hydrogens is 328 g/mol. The zero-order chi connectivity index (χ0) is 17.9. The summed E-state index contributed by atoms with van der Waals surface area (Å²) in [4.78, 5) is 25.6. The van der Waals surface area contributed by atoms with E-state index in [1.807, 2.05) is 26.0 Å². The summed E-state index contributed by atoms with van der Waals surface area (Å²) in [5.74, 6) is 0.519. The van der Waals surface area contributed by atoms with Gasteiger partial charge in [-0.2, -0.15) is 0 Å². The number of nitro benzene ring substituents is 1. The number of non-ortho nitro benzene ring substituents is 1. The molecule has 0 spiro atoms. The topological polar surface area (TPSA) is 72.7 Å². The lowest BCUT2D eigenvalue weighted by molar-refractivity contribution is -0.385. The van der Waals surface area contributed by atoms with E-state index in [-0.39, 0.29) is 11.6 Å². The molecule has 1 heterocycles. The van der Waals surface area contributed by atoms with E-state index < -0.39 is 4.92 Å². The number of benzene rings is 2. The molecule has 2 aromatic carbocycles. The lowest BCUT2D eigenvalue weighted by atomic mass is 10.2. The van der Waals surface area contributed by atoms with E-state index >= 15 is 0 Å². The molecule has 0 bridgehead atoms. The summed E-state index contributed by atoms with van der Waals surface area (Å²) < 4.78 is 5.20. The lowest BCUT2D eigenvalue weighted by Crippen LogP contribution is -2.25. The Morgan fingerprint density at radius 2 is 1.71 bits per heavy atom. The maximum Gasteiger partial charge on any atom is 0.270 e. The summed E-state index contributed by atoms with van der Waals surface area (Å²) >= 11 is 1.39. The standard InChI is InChI=1S/C15H12N2O4S.C2H6/c1-9(18)16-12-5-3-10(17(19)20)7-14(12)22-15-8-11(21-2)4-6-13(15)16;1-2/h3-8H,1-2H3;1-2H3. The molecule has 0 radical (unpaired) electrons. The first kappa shape index (κ1) is 17.8. The van der Waals surface area contributed by atoms with Crippen molar-refractivity contribution in [3.05, 3.63) is 46.5 Å². The number of amides is 1. The van der Waals surface area contributed by atoms with Crippen molar-refractivity contribution in [2.45, 2.75) is 30.6 Å². The highest BCUT2D eigenvalue weighted by Crippen LogP contribution is 2.50. The largest absolute Gasteiger partial charge is 0.497 e. The first-order valence-corrected chi connectivity index (χ1v) is 8.28. The molecule has 0 aromatic heterocycles. The molecule has 126 valence electrons. The van der Waals surface area contributed by atoms with Gasteiger partial charge >= 0.3 is 0 Å². The predicted molar refractivity (Wildman–Crippen MR) is 94.4 cm³/mol. The molecule has 7 heteroatoms. The zero-order valence-corrected chi connectivity index (χ0v) is 14.7. The Morgan fingerprint density at radius 3 is 2.25 bits per heavy atom. The number of hydrogen-bond acceptors (Lipinski definition) is 5. The van der Waals surface area contributed by atoms with Crippen LogP contribution in [0.15, 0.2) is 46.2 Å². The summed E-state index contributed by atoms with van der Waals surface area (Å²) in [5, 5.41) is 10.9. The molecule has 24 heavy (non-hydrogen) atoms. The van der Waals surface area contributed by atoms with Crippen molar-refractivity contribution in [1.82, 2.24) is 0 Å². The Balaban J connectivity index is 0.00000100. The van der Waals surface area contributed by atoms with Gasteiger partial charge < -0.3 is 4.74 Å². The van der Waals surface area contributed by atoms with Gasteiger partial charge in [0, 0.05) is 28.8 Å². The van der Waals surface area contributed by atoms with E-state index in [1.165, 1.54) is 30.8 Å². The van der Waals surface area contributed by atoms with Crippen LogP contribution in [0, 0.1) is 10.1 Å². The van der Waals surface area contributed by atoms with Crippen molar-refractivity contribution in [3.63, 3.8) is 0 Å². The minimum atomic E-state index is -0.444. The van der Waals surface area contributed by atoms with Crippen LogP contribution < -0.4 is 9.64 Å². The normalized spacial score (nSPS) is 11.6. The van der Waals surface area contributed by atoms with Gasteiger partial charge in [0.25, 0.3) is 5.69 Å². The van der Waals surface area contributed by atoms with Gasteiger partial charge in [-0.15, -0.1) is 0 Å². The number of ether oxygens (including phenoxy) is 1. The SMILES string of the molecule is CC.COc1ccc2c(c1)Sc1cc([N+](=O)[O-])ccc1N2C(C)=O. The fourth-order valence-electron chi connectivity index (χ4n) is 2.36. The van der Waals surface area contributed by atoms with E-state index in [2.05, 4.69) is 0 Å². The molecule has 0 N–H and O–H groups in total. The Labute approximate surface area is 144 Å². The van der Waals surface area contributed by atoms with Gasteiger partial charge in [-0.25, -0.2) is 0 Å². The summed E-state index contributed by atoms with van der Waals surface area (Å²) in [6, 6.07) is 9.91. The first-order valence-electron chi connectivity index (χ1n) is 7.46. The number of fused-ring (bicyclic) bond motifs is 2. The number of carbonyl (C=O) groups is 1. The van der Waals surface area contributed by atoms with Gasteiger partial charge in [-0.1, -0.05) is 25.6 Å². The smallest absolute Gasteiger partial charge is 0.270 e. The first-order chi connectivity index (χ1) is 11.5. The van der Waals surface area contributed by atoms with Crippen molar-refractivity contribution in [2.75, 3.05) is 12.0 Å². The molecule has 1 amide bonds. The van der Waals surface area contributed by atoms with Crippen LogP contribution in [0.3, 0.4) is 0 Å². The fraction of sp³-hybridized carbons (Fsp3) is 0.235. The van der Waals surface area contributed by atoms with E-state index in [9.17, 15) is 14.9 Å². The van der Waals surface area contributed by atoms with Gasteiger partial charge in [-0.05, 0) is 24.3 Å². The number of carbonyl (C=O) groups excluding carboxylic acids is 1. The second kappa shape index (κ2) is 7.35. The summed E-state index contributed by atoms with van der Waals surface area (Å²) in [5.41, 5.74) is 1.40. The number of nitrogens with zero attached hydrogens (tertiary/aromatic N) is 2. The lowest BCUT2D eigenvalue weighted by Gasteiger charge is -2.30. The van der Waals surface area contributed by atoms with Gasteiger partial charge in [0.05, 0.1) is 23.4 Å². The van der Waals surface area contributed by atoms with E-state index in [4.69, 9.17) is 4.74 Å². The van der Waals surface area contributed by atoms with Crippen LogP contribution in [0.25, 0.3) is 0 Å². The van der Waals surface area contributed by atoms with Crippen molar-refractivity contribution in [3.8, 4) is 5.75 Å². The van der Waals surface area contributed by atoms with Gasteiger partial charge in [0.15, 0.2) is 0 Å². The van der Waals surface area contributed by atoms with Crippen molar-refractivity contribution < 1.29 is 14.5 Å². The highest BCUT2D eigenvalue weighted by atomic mass is 32.2. The Hall–Kier alpha value is -2.54. The predicted octanol–water partition coefficient (Wildman–Crippen LogP) is 4.78. The van der Waals surface area contributed by atoms with Crippen LogP contribution >= 0.6 is 11.8 Å². The maximum atomic E-state index is 12.0. The van der Waals surface area contributed by atoms with Gasteiger partial charge in [0.1, 0.15) is 5.75 Å². The molecule has 0 fully saturated rings. The zero-order valence-electron chi connectivity index (χ0n) is 13.9. The summed E-state index contributed by atoms with van der Waals surface area (Å²) in [7, 11) is 1.57. The Morgan fingerprint density at radius 1 is 1.12 bits per heavy atom. The maximum absolute atomic E-state index is 12.0. The van der Waals surface area contributed by atoms with Crippen molar-refractivity contribution in [1.29, 1.82) is 0 Å². The highest BCUT2D eigenvalue weighted by Gasteiger charge is 2.28. The molecule has 0 unspecified atom stereocenters. The average molecular weight is 346 g/mol. The molecule has 0 saturated carbocycles. The van der Waals surface area contributed by atoms with Crippen LogP contribution in [0.5, 0.6) is 5.75 Å². The number of methoxy groups -OCH3 is 1. The monoisotopic (exact) mass is 346 g/mol. The van der Waals surface area contributed by atoms with Crippen molar-refractivity contribution in [2.24, 2.45) is 0 Å². The number of nitro groups is 1. The number of anilines is 2. The minimum absolute atomic E-state index is 0.00102. The van der Waals surface area contributed by atoms with Gasteiger partial charge in [-0.3, -0.25) is 19.8 Å². The summed E-state index contributed by atoms with van der Waals surface area (Å²) in [6.07, 6.45) is 0. The average Bonchev–Trinajstić information content (AvgIpc) is 2.59. The molecule has 0 saturated heterocycles. The van der Waals surface area contributed by atoms with Crippen LogP contribution in [0.2, 0.25) is 0 Å². The molecule has 0 atom stereocenters. The van der Waals surface area contributed by atoms with E-state index in [0.717, 1.165) is 10.6 Å². The Bertz CT molecular complexity index is 792. The van der Waals surface area contributed by atoms with Gasteiger partial charge in [0.2, 0.25) is 5.91 Å². The van der Waals surface area contributed by atoms with Crippen LogP contribution in [-0.2, 0) is 4.79 Å². The minimum Gasteiger partial charge on any atom is -0.497 e. The molecule has 2 aromatic rings. The van der Waals surface area contributed by atoms with Crippen LogP contribution in [0.1, 0.15) is 20.8 Å². The second-order valence-electron chi connectivity index (χ2n) is 4.70. The van der Waals surface area contributed by atoms with Crippen LogP contribution in [-0.4, -0.2) is 17.9 Å². The molecule has 6 nitrogen and oxygen atoms in total. The quantitative estimate of drug-likeness (QED) is 0.578. The van der Waals surface area contributed by atoms with E-state index in [0.29, 0.717) is 16.3 Å². The molecular formula is C17H18N2O4S. The highest BCUT2D eigenvalue weighted by molar-refractivity contribution is 7.99. The van der Waals surface area contributed by atoms with Crippen LogP contribution in [0.4, 0.5) is 17.1 Å². The Kier molecular flexibility index (Phi) is 5.46. The third-order valence-electron chi connectivity index (χ3n) is 3.34. The van der Waals surface area contributed by atoms with E-state index in [1.54, 1.807) is 24.1 Å². The van der Waals surface area contributed by atoms with Crippen molar-refractivity contribution >= 4 is 34.7 Å². The summed E-state index contributed by atoms with van der Waals surface area (Å²) in [6.45, 7) is 5.47. The number of rotatable bonds is 2. The second-order valence-corrected chi connectivity index (χ2v) is 5.78. The third kappa shape index (κ3) is 3.21. The molecule has 3 rings (SSSR count). The molecule has 0 aliphatic carbocycles. The molecule has 1 aliphatic rings.